The molecule has 0 atom stereocenters. The number of thiophene rings is 1. The Morgan fingerprint density at radius 1 is 1.22 bits per heavy atom. The molecule has 1 aromatic carbocycles. The van der Waals surface area contributed by atoms with E-state index in [2.05, 4.69) is 10.2 Å². The summed E-state index contributed by atoms with van der Waals surface area (Å²) in [4.78, 5) is 26.9. The van der Waals surface area contributed by atoms with Crippen LogP contribution in [0.4, 0.5) is 5.00 Å². The summed E-state index contributed by atoms with van der Waals surface area (Å²) in [6.45, 7) is 6.35. The summed E-state index contributed by atoms with van der Waals surface area (Å²) in [7, 11) is 0. The molecule has 7 heteroatoms. The Kier molecular flexibility index (Phi) is 6.47. The Bertz CT molecular complexity index is 783. The third-order valence-corrected chi connectivity index (χ3v) is 5.26. The summed E-state index contributed by atoms with van der Waals surface area (Å²) in [5, 5.41) is 3.74. The van der Waals surface area contributed by atoms with Crippen molar-refractivity contribution in [1.82, 2.24) is 5.32 Å². The summed E-state index contributed by atoms with van der Waals surface area (Å²) in [6.07, 6.45) is 0. The lowest BCUT2D eigenvalue weighted by Crippen LogP contribution is -2.35. The molecule has 0 saturated carbocycles. The highest BCUT2D eigenvalue weighted by Crippen LogP contribution is 2.39. The number of nitrogens with zero attached hydrogens (tertiary/aromatic N) is 1. The van der Waals surface area contributed by atoms with Crippen molar-refractivity contribution in [3.63, 3.8) is 0 Å². The molecule has 1 aliphatic rings. The summed E-state index contributed by atoms with van der Waals surface area (Å²) in [5.41, 5.74) is 2.05. The first-order valence-electron chi connectivity index (χ1n) is 9.03. The van der Waals surface area contributed by atoms with Crippen LogP contribution in [0.5, 0.6) is 0 Å². The van der Waals surface area contributed by atoms with E-state index in [0.717, 1.165) is 29.2 Å². The van der Waals surface area contributed by atoms with Gasteiger partial charge in [-0.2, -0.15) is 0 Å². The van der Waals surface area contributed by atoms with Gasteiger partial charge >= 0.3 is 5.97 Å². The highest BCUT2D eigenvalue weighted by molar-refractivity contribution is 7.18. The second-order valence-corrected chi connectivity index (χ2v) is 7.62. The fourth-order valence-corrected chi connectivity index (χ4v) is 4.00. The minimum absolute atomic E-state index is 0.00976. The quantitative estimate of drug-likeness (QED) is 0.771. The first-order valence-corrected chi connectivity index (χ1v) is 9.84. The van der Waals surface area contributed by atoms with Crippen molar-refractivity contribution < 1.29 is 19.1 Å². The number of carbonyl (C=O) groups excluding carboxylic acids is 2. The molecule has 0 aliphatic carbocycles. The average molecular weight is 388 g/mol. The molecule has 1 N–H and O–H groups in total. The van der Waals surface area contributed by atoms with Crippen molar-refractivity contribution in [2.24, 2.45) is 0 Å². The van der Waals surface area contributed by atoms with Gasteiger partial charge in [-0.1, -0.05) is 30.3 Å². The zero-order valence-corrected chi connectivity index (χ0v) is 16.4. The molecule has 1 saturated heterocycles. The molecule has 1 amide bonds. The van der Waals surface area contributed by atoms with E-state index >= 15 is 0 Å². The molecule has 0 spiro atoms. The van der Waals surface area contributed by atoms with Gasteiger partial charge < -0.3 is 19.7 Å². The topological polar surface area (TPSA) is 67.9 Å². The number of morpholine rings is 1. The van der Waals surface area contributed by atoms with E-state index in [1.54, 1.807) is 0 Å². The maximum atomic E-state index is 12.5. The second-order valence-electron chi connectivity index (χ2n) is 6.59. The SMILES string of the molecule is CC(C)NC(=O)COC(=O)c1cc(-c2ccccc2)c(N2CCOCC2)s1. The maximum absolute atomic E-state index is 12.5. The van der Waals surface area contributed by atoms with Gasteiger partial charge in [-0.25, -0.2) is 4.79 Å². The van der Waals surface area contributed by atoms with Crippen molar-refractivity contribution in [3.05, 3.63) is 41.3 Å². The zero-order chi connectivity index (χ0) is 19.2. The number of nitrogens with one attached hydrogen (secondary N) is 1. The molecule has 2 heterocycles. The number of amides is 1. The Morgan fingerprint density at radius 2 is 1.93 bits per heavy atom. The Labute approximate surface area is 163 Å². The zero-order valence-electron chi connectivity index (χ0n) is 15.6. The number of hydrogen-bond donors (Lipinski definition) is 1. The summed E-state index contributed by atoms with van der Waals surface area (Å²) < 4.78 is 10.6. The first kappa shape index (κ1) is 19.4. The van der Waals surface area contributed by atoms with E-state index in [9.17, 15) is 9.59 Å². The van der Waals surface area contributed by atoms with Gasteiger partial charge in [0.15, 0.2) is 6.61 Å². The Hall–Kier alpha value is -2.38. The third-order valence-electron chi connectivity index (χ3n) is 4.08. The van der Waals surface area contributed by atoms with Crippen molar-refractivity contribution in [2.75, 3.05) is 37.8 Å². The van der Waals surface area contributed by atoms with Gasteiger partial charge in [0.05, 0.1) is 18.2 Å². The summed E-state index contributed by atoms with van der Waals surface area (Å²) in [5.74, 6) is -0.776. The monoisotopic (exact) mass is 388 g/mol. The summed E-state index contributed by atoms with van der Waals surface area (Å²) in [6, 6.07) is 11.8. The predicted octanol–water partition coefficient (Wildman–Crippen LogP) is 2.93. The lowest BCUT2D eigenvalue weighted by molar-refractivity contribution is -0.124. The standard InChI is InChI=1S/C20H24N2O4S/c1-14(2)21-18(23)13-26-20(24)17-12-16(15-6-4-3-5-7-15)19(27-17)22-8-10-25-11-9-22/h3-7,12,14H,8-11,13H2,1-2H3,(H,21,23). The van der Waals surface area contributed by atoms with Crippen LogP contribution in [0.3, 0.4) is 0 Å². The smallest absolute Gasteiger partial charge is 0.348 e. The van der Waals surface area contributed by atoms with Crippen molar-refractivity contribution in [2.45, 2.75) is 19.9 Å². The molecule has 0 unspecified atom stereocenters. The number of benzene rings is 1. The van der Waals surface area contributed by atoms with Crippen LogP contribution >= 0.6 is 11.3 Å². The second kappa shape index (κ2) is 9.01. The Balaban J connectivity index is 1.80. The lowest BCUT2D eigenvalue weighted by Gasteiger charge is -2.28. The molecule has 6 nitrogen and oxygen atoms in total. The van der Waals surface area contributed by atoms with Gasteiger partial charge in [0, 0.05) is 24.7 Å². The minimum atomic E-state index is -0.476. The maximum Gasteiger partial charge on any atom is 0.348 e. The van der Waals surface area contributed by atoms with Gasteiger partial charge in [-0.15, -0.1) is 11.3 Å². The number of ether oxygens (including phenoxy) is 2. The molecular weight excluding hydrogens is 364 g/mol. The molecule has 27 heavy (non-hydrogen) atoms. The molecule has 2 aromatic rings. The van der Waals surface area contributed by atoms with Crippen molar-refractivity contribution in [3.8, 4) is 11.1 Å². The predicted molar refractivity (Wildman–Crippen MR) is 106 cm³/mol. The van der Waals surface area contributed by atoms with E-state index in [1.165, 1.54) is 11.3 Å². The lowest BCUT2D eigenvalue weighted by atomic mass is 10.1. The van der Waals surface area contributed by atoms with E-state index in [1.807, 2.05) is 50.2 Å². The van der Waals surface area contributed by atoms with Crippen LogP contribution in [0.1, 0.15) is 23.5 Å². The fourth-order valence-electron chi connectivity index (χ4n) is 2.87. The van der Waals surface area contributed by atoms with Crippen molar-refractivity contribution >= 4 is 28.2 Å². The largest absolute Gasteiger partial charge is 0.451 e. The van der Waals surface area contributed by atoms with E-state index in [0.29, 0.717) is 18.1 Å². The van der Waals surface area contributed by atoms with Crippen LogP contribution in [0.2, 0.25) is 0 Å². The molecule has 144 valence electrons. The molecule has 0 radical (unpaired) electrons. The Morgan fingerprint density at radius 3 is 2.59 bits per heavy atom. The molecule has 3 rings (SSSR count). The van der Waals surface area contributed by atoms with Gasteiger partial charge in [0.25, 0.3) is 5.91 Å². The van der Waals surface area contributed by atoms with Crippen LogP contribution < -0.4 is 10.2 Å². The number of hydrogen-bond acceptors (Lipinski definition) is 6. The summed E-state index contributed by atoms with van der Waals surface area (Å²) >= 11 is 1.40. The molecule has 1 fully saturated rings. The van der Waals surface area contributed by atoms with Crippen LogP contribution in [-0.2, 0) is 14.3 Å². The molecule has 1 aliphatic heterocycles. The van der Waals surface area contributed by atoms with E-state index in [-0.39, 0.29) is 18.6 Å². The van der Waals surface area contributed by atoms with Crippen LogP contribution in [0, 0.1) is 0 Å². The fraction of sp³-hybridized carbons (Fsp3) is 0.400. The van der Waals surface area contributed by atoms with Crippen LogP contribution in [-0.4, -0.2) is 50.8 Å². The minimum Gasteiger partial charge on any atom is -0.451 e. The van der Waals surface area contributed by atoms with E-state index < -0.39 is 5.97 Å². The number of carbonyl (C=O) groups is 2. The van der Waals surface area contributed by atoms with Crippen molar-refractivity contribution in [1.29, 1.82) is 0 Å². The van der Waals surface area contributed by atoms with Gasteiger partial charge in [0.2, 0.25) is 0 Å². The highest BCUT2D eigenvalue weighted by Gasteiger charge is 2.23. The first-order chi connectivity index (χ1) is 13.0. The average Bonchev–Trinajstić information content (AvgIpc) is 3.12. The van der Waals surface area contributed by atoms with Gasteiger partial charge in [-0.3, -0.25) is 4.79 Å². The molecule has 0 bridgehead atoms. The van der Waals surface area contributed by atoms with Crippen LogP contribution in [0.15, 0.2) is 36.4 Å². The third kappa shape index (κ3) is 5.08. The number of esters is 1. The van der Waals surface area contributed by atoms with E-state index in [4.69, 9.17) is 9.47 Å². The van der Waals surface area contributed by atoms with Gasteiger partial charge in [0.1, 0.15) is 4.88 Å². The highest BCUT2D eigenvalue weighted by atomic mass is 32.1. The number of rotatable bonds is 6. The molecule has 1 aromatic heterocycles. The number of anilines is 1. The van der Waals surface area contributed by atoms with Gasteiger partial charge in [-0.05, 0) is 25.5 Å². The van der Waals surface area contributed by atoms with Crippen LogP contribution in [0.25, 0.3) is 11.1 Å². The normalized spacial score (nSPS) is 14.3. The molecular formula is C20H24N2O4S.